The summed E-state index contributed by atoms with van der Waals surface area (Å²) >= 11 is 7.66. The second-order valence-corrected chi connectivity index (χ2v) is 7.80. The highest BCUT2D eigenvalue weighted by Gasteiger charge is 2.30. The largest absolute Gasteiger partial charge is 0.339 e. The second kappa shape index (κ2) is 6.21. The molecule has 1 saturated heterocycles. The summed E-state index contributed by atoms with van der Waals surface area (Å²) in [5.74, 6) is 1.22. The lowest BCUT2D eigenvalue weighted by molar-refractivity contribution is 0.0713. The van der Waals surface area contributed by atoms with Crippen LogP contribution in [-0.2, 0) is 0 Å². The number of benzene rings is 1. The molecule has 1 saturated carbocycles. The van der Waals surface area contributed by atoms with Gasteiger partial charge in [-0.1, -0.05) is 11.6 Å². The smallest absolute Gasteiger partial charge is 0.253 e. The van der Waals surface area contributed by atoms with Gasteiger partial charge in [0.1, 0.15) is 10.0 Å². The fourth-order valence-electron chi connectivity index (χ4n) is 3.01. The van der Waals surface area contributed by atoms with Gasteiger partial charge in [-0.2, -0.15) is 0 Å². The second-order valence-electron chi connectivity index (χ2n) is 6.33. The molecule has 0 unspecified atom stereocenters. The van der Waals surface area contributed by atoms with Gasteiger partial charge in [-0.3, -0.25) is 4.79 Å². The highest BCUT2D eigenvalue weighted by Crippen LogP contribution is 2.43. The van der Waals surface area contributed by atoms with Crippen molar-refractivity contribution in [2.75, 3.05) is 13.1 Å². The summed E-state index contributed by atoms with van der Waals surface area (Å²) in [6.45, 7) is 1.56. The average molecular weight is 348 g/mol. The van der Waals surface area contributed by atoms with Crippen molar-refractivity contribution >= 4 is 28.8 Å². The van der Waals surface area contributed by atoms with Crippen molar-refractivity contribution in [1.29, 1.82) is 0 Å². The van der Waals surface area contributed by atoms with Crippen molar-refractivity contribution in [2.45, 2.75) is 37.5 Å². The monoisotopic (exact) mass is 347 g/mol. The minimum atomic E-state index is 0.0936. The summed E-state index contributed by atoms with van der Waals surface area (Å²) in [6.07, 6.45) is 4.47. The standard InChI is InChI=1S/C17H18ClN3OS/c18-14-5-3-13(4-6-14)17(22)21-9-7-12(8-10-21)16-20-19-15(23-16)11-1-2-11/h3-6,11-12H,1-2,7-10H2. The molecule has 0 atom stereocenters. The molecule has 4 rings (SSSR count). The number of hydrogen-bond donors (Lipinski definition) is 0. The quantitative estimate of drug-likeness (QED) is 0.840. The van der Waals surface area contributed by atoms with Gasteiger partial charge in [0.15, 0.2) is 0 Å². The van der Waals surface area contributed by atoms with Crippen LogP contribution in [0.25, 0.3) is 0 Å². The number of rotatable bonds is 3. The molecule has 1 amide bonds. The third-order valence-electron chi connectivity index (χ3n) is 4.61. The van der Waals surface area contributed by atoms with E-state index in [1.54, 1.807) is 35.6 Å². The van der Waals surface area contributed by atoms with Crippen LogP contribution in [0.2, 0.25) is 5.02 Å². The Kier molecular flexibility index (Phi) is 4.07. The molecule has 0 bridgehead atoms. The normalized spacial score (nSPS) is 19.1. The Labute approximate surface area is 144 Å². The fraction of sp³-hybridized carbons (Fsp3) is 0.471. The number of halogens is 1. The first-order valence-electron chi connectivity index (χ1n) is 8.09. The van der Waals surface area contributed by atoms with Crippen molar-refractivity contribution in [2.24, 2.45) is 0 Å². The van der Waals surface area contributed by atoms with Crippen LogP contribution in [0.3, 0.4) is 0 Å². The number of aromatic nitrogens is 2. The van der Waals surface area contributed by atoms with Crippen LogP contribution in [0.15, 0.2) is 24.3 Å². The van der Waals surface area contributed by atoms with Gasteiger partial charge in [-0.15, -0.1) is 21.5 Å². The Hall–Kier alpha value is -1.46. The SMILES string of the molecule is O=C(c1ccc(Cl)cc1)N1CCC(c2nnc(C3CC3)s2)CC1. The molecule has 0 radical (unpaired) electrons. The van der Waals surface area contributed by atoms with E-state index in [4.69, 9.17) is 11.6 Å². The number of amides is 1. The van der Waals surface area contributed by atoms with Crippen molar-refractivity contribution in [3.05, 3.63) is 44.9 Å². The maximum atomic E-state index is 12.5. The Morgan fingerprint density at radius 3 is 2.13 bits per heavy atom. The predicted octanol–water partition coefficient (Wildman–Crippen LogP) is 4.09. The van der Waals surface area contributed by atoms with Crippen LogP contribution in [0.4, 0.5) is 0 Å². The van der Waals surface area contributed by atoms with E-state index in [0.29, 0.717) is 22.4 Å². The summed E-state index contributed by atoms with van der Waals surface area (Å²) in [5, 5.41) is 11.7. The molecule has 2 aromatic rings. The number of nitrogens with zero attached hydrogens (tertiary/aromatic N) is 3. The maximum Gasteiger partial charge on any atom is 0.253 e. The average Bonchev–Trinajstić information content (AvgIpc) is 3.32. The lowest BCUT2D eigenvalue weighted by atomic mass is 9.97. The third kappa shape index (κ3) is 3.26. The lowest BCUT2D eigenvalue weighted by Gasteiger charge is -2.31. The first-order valence-corrected chi connectivity index (χ1v) is 9.28. The maximum absolute atomic E-state index is 12.5. The summed E-state index contributed by atoms with van der Waals surface area (Å²) in [4.78, 5) is 14.4. The Balaban J connectivity index is 1.38. The molecule has 6 heteroatoms. The van der Waals surface area contributed by atoms with E-state index in [9.17, 15) is 4.79 Å². The van der Waals surface area contributed by atoms with Gasteiger partial charge in [0.2, 0.25) is 0 Å². The van der Waals surface area contributed by atoms with E-state index in [-0.39, 0.29) is 5.91 Å². The molecule has 2 heterocycles. The molecular formula is C17H18ClN3OS. The van der Waals surface area contributed by atoms with E-state index >= 15 is 0 Å². The number of carbonyl (C=O) groups is 1. The Morgan fingerprint density at radius 2 is 1.57 bits per heavy atom. The number of likely N-dealkylation sites (tertiary alicyclic amines) is 1. The topological polar surface area (TPSA) is 46.1 Å². The van der Waals surface area contributed by atoms with Crippen LogP contribution in [0, 0.1) is 0 Å². The van der Waals surface area contributed by atoms with Crippen LogP contribution in [-0.4, -0.2) is 34.1 Å². The van der Waals surface area contributed by atoms with Gasteiger partial charge in [0.05, 0.1) is 0 Å². The molecule has 0 spiro atoms. The molecule has 1 aliphatic heterocycles. The molecule has 1 aromatic carbocycles. The predicted molar refractivity (Wildman–Crippen MR) is 91.2 cm³/mol. The van der Waals surface area contributed by atoms with Crippen molar-refractivity contribution < 1.29 is 4.79 Å². The first kappa shape index (κ1) is 15.1. The van der Waals surface area contributed by atoms with E-state index in [1.165, 1.54) is 17.8 Å². The molecule has 1 aromatic heterocycles. The van der Waals surface area contributed by atoms with E-state index in [0.717, 1.165) is 30.9 Å². The summed E-state index contributed by atoms with van der Waals surface area (Å²) in [6, 6.07) is 7.12. The van der Waals surface area contributed by atoms with Crippen LogP contribution >= 0.6 is 22.9 Å². The van der Waals surface area contributed by atoms with E-state index < -0.39 is 0 Å². The minimum absolute atomic E-state index is 0.0936. The van der Waals surface area contributed by atoms with Crippen LogP contribution in [0.1, 0.15) is 57.9 Å². The van der Waals surface area contributed by atoms with E-state index in [1.807, 2.05) is 4.90 Å². The fourth-order valence-corrected chi connectivity index (χ4v) is 4.32. The van der Waals surface area contributed by atoms with Crippen LogP contribution < -0.4 is 0 Å². The minimum Gasteiger partial charge on any atom is -0.339 e. The van der Waals surface area contributed by atoms with Gasteiger partial charge in [-0.25, -0.2) is 0 Å². The van der Waals surface area contributed by atoms with Crippen molar-refractivity contribution in [3.8, 4) is 0 Å². The van der Waals surface area contributed by atoms with Gasteiger partial charge in [0, 0.05) is 35.5 Å². The molecule has 2 aliphatic rings. The molecule has 23 heavy (non-hydrogen) atoms. The highest BCUT2D eigenvalue weighted by molar-refractivity contribution is 7.11. The molecular weight excluding hydrogens is 330 g/mol. The molecule has 120 valence electrons. The van der Waals surface area contributed by atoms with Gasteiger partial charge >= 0.3 is 0 Å². The van der Waals surface area contributed by atoms with Gasteiger partial charge < -0.3 is 4.90 Å². The number of carbonyl (C=O) groups excluding carboxylic acids is 1. The highest BCUT2D eigenvalue weighted by atomic mass is 35.5. The Bertz CT molecular complexity index is 703. The van der Waals surface area contributed by atoms with Gasteiger partial charge in [-0.05, 0) is 49.9 Å². The van der Waals surface area contributed by atoms with Crippen LogP contribution in [0.5, 0.6) is 0 Å². The van der Waals surface area contributed by atoms with Gasteiger partial charge in [0.25, 0.3) is 5.91 Å². The molecule has 4 nitrogen and oxygen atoms in total. The zero-order valence-electron chi connectivity index (χ0n) is 12.7. The zero-order valence-corrected chi connectivity index (χ0v) is 14.3. The summed E-state index contributed by atoms with van der Waals surface area (Å²) in [7, 11) is 0. The van der Waals surface area contributed by atoms with Crippen molar-refractivity contribution in [3.63, 3.8) is 0 Å². The third-order valence-corrected chi connectivity index (χ3v) is 6.11. The molecule has 2 fully saturated rings. The van der Waals surface area contributed by atoms with Crippen molar-refractivity contribution in [1.82, 2.24) is 15.1 Å². The Morgan fingerprint density at radius 1 is 1.00 bits per heavy atom. The zero-order chi connectivity index (χ0) is 15.8. The number of hydrogen-bond acceptors (Lipinski definition) is 4. The number of piperidine rings is 1. The molecule has 1 aliphatic carbocycles. The van der Waals surface area contributed by atoms with E-state index in [2.05, 4.69) is 10.2 Å². The first-order chi connectivity index (χ1) is 11.2. The summed E-state index contributed by atoms with van der Waals surface area (Å²) in [5.41, 5.74) is 0.708. The summed E-state index contributed by atoms with van der Waals surface area (Å²) < 4.78 is 0. The molecule has 0 N–H and O–H groups in total. The lowest BCUT2D eigenvalue weighted by Crippen LogP contribution is -2.37.